The molecule has 1 heterocycles. The van der Waals surface area contributed by atoms with Gasteiger partial charge in [0.2, 0.25) is 5.91 Å². The van der Waals surface area contributed by atoms with E-state index in [0.717, 1.165) is 0 Å². The van der Waals surface area contributed by atoms with Crippen LogP contribution in [0.25, 0.3) is 0 Å². The summed E-state index contributed by atoms with van der Waals surface area (Å²) in [5.41, 5.74) is 0.757. The highest BCUT2D eigenvalue weighted by molar-refractivity contribution is 6.31. The van der Waals surface area contributed by atoms with Gasteiger partial charge in [0.25, 0.3) is 0 Å². The number of urea groups is 1. The second kappa shape index (κ2) is 8.37. The molecule has 2 atom stereocenters. The van der Waals surface area contributed by atoms with Crippen LogP contribution >= 0.6 is 11.6 Å². The molecule has 2 aromatic rings. The molecule has 142 valence electrons. The molecule has 2 aromatic carbocycles. The van der Waals surface area contributed by atoms with E-state index in [1.807, 2.05) is 6.07 Å². The van der Waals surface area contributed by atoms with Crippen LogP contribution in [0.3, 0.4) is 0 Å². The van der Waals surface area contributed by atoms with Gasteiger partial charge in [-0.3, -0.25) is 4.79 Å². The lowest BCUT2D eigenvalue weighted by Crippen LogP contribution is -2.47. The highest BCUT2D eigenvalue weighted by atomic mass is 35.5. The van der Waals surface area contributed by atoms with Crippen molar-refractivity contribution in [2.45, 2.75) is 25.1 Å². The zero-order valence-electron chi connectivity index (χ0n) is 14.4. The molecule has 1 fully saturated rings. The van der Waals surface area contributed by atoms with Gasteiger partial charge >= 0.3 is 6.03 Å². The Morgan fingerprint density at radius 3 is 2.63 bits per heavy atom. The first-order valence-electron chi connectivity index (χ1n) is 8.47. The number of nitrogens with one attached hydrogen (secondary N) is 2. The summed E-state index contributed by atoms with van der Waals surface area (Å²) in [6.07, 6.45) is -0.696. The van der Waals surface area contributed by atoms with Gasteiger partial charge in [-0.05, 0) is 24.3 Å². The molecule has 6 nitrogen and oxygen atoms in total. The van der Waals surface area contributed by atoms with Crippen LogP contribution in [0.2, 0.25) is 5.02 Å². The Hall–Kier alpha value is -2.64. The number of amides is 3. The summed E-state index contributed by atoms with van der Waals surface area (Å²) in [6.45, 7) is -0.0672. The number of β-amino-alcohol motifs (C(OH)–C–C–N with tert-alkyl or cyclic N) is 1. The lowest BCUT2D eigenvalue weighted by atomic mass is 10.1. The maximum absolute atomic E-state index is 13.8. The second-order valence-corrected chi connectivity index (χ2v) is 6.68. The average molecular weight is 392 g/mol. The number of hydrogen-bond acceptors (Lipinski definition) is 3. The Morgan fingerprint density at radius 1 is 1.19 bits per heavy atom. The van der Waals surface area contributed by atoms with Gasteiger partial charge in [-0.1, -0.05) is 35.9 Å². The van der Waals surface area contributed by atoms with Crippen molar-refractivity contribution in [1.82, 2.24) is 10.2 Å². The minimum atomic E-state index is -0.853. The van der Waals surface area contributed by atoms with Crippen LogP contribution in [0.15, 0.2) is 48.5 Å². The molecular weight excluding hydrogens is 373 g/mol. The topological polar surface area (TPSA) is 81.7 Å². The van der Waals surface area contributed by atoms with E-state index >= 15 is 0 Å². The predicted octanol–water partition coefficient (Wildman–Crippen LogP) is 2.76. The largest absolute Gasteiger partial charge is 0.391 e. The van der Waals surface area contributed by atoms with Crippen molar-refractivity contribution < 1.29 is 19.1 Å². The van der Waals surface area contributed by atoms with E-state index < -0.39 is 29.9 Å². The van der Waals surface area contributed by atoms with Gasteiger partial charge in [-0.15, -0.1) is 0 Å². The summed E-state index contributed by atoms with van der Waals surface area (Å²) >= 11 is 5.96. The molecule has 0 aliphatic carbocycles. The van der Waals surface area contributed by atoms with Crippen molar-refractivity contribution in [1.29, 1.82) is 0 Å². The lowest BCUT2D eigenvalue weighted by molar-refractivity contribution is -0.124. The molecule has 3 N–H and O–H groups in total. The molecule has 1 aliphatic rings. The summed E-state index contributed by atoms with van der Waals surface area (Å²) < 4.78 is 13.8. The molecule has 3 rings (SSSR count). The third-order valence-corrected chi connectivity index (χ3v) is 4.72. The number of benzene rings is 2. The first kappa shape index (κ1) is 19.1. The number of aliphatic hydroxyl groups is 1. The number of aliphatic hydroxyl groups excluding tert-OH is 1. The average Bonchev–Trinajstić information content (AvgIpc) is 3.04. The molecule has 0 spiro atoms. The number of rotatable bonds is 4. The van der Waals surface area contributed by atoms with E-state index in [2.05, 4.69) is 10.6 Å². The van der Waals surface area contributed by atoms with E-state index in [9.17, 15) is 19.1 Å². The minimum absolute atomic E-state index is 0.0389. The molecule has 1 aliphatic heterocycles. The standard InChI is InChI=1S/C19H19ClFN3O3/c20-15-7-4-8-16(21)14(15)10-22-18(26)17-9-13(25)11-24(17)19(27)23-12-5-2-1-3-6-12/h1-8,13,17,25H,9-11H2,(H,22,26)(H,23,27). The van der Waals surface area contributed by atoms with Crippen LogP contribution in [-0.4, -0.2) is 40.6 Å². The number of carbonyl (C=O) groups excluding carboxylic acids is 2. The first-order valence-corrected chi connectivity index (χ1v) is 8.85. The maximum Gasteiger partial charge on any atom is 0.322 e. The molecule has 3 amide bonds. The molecule has 1 saturated heterocycles. The van der Waals surface area contributed by atoms with Crippen molar-refractivity contribution in [3.05, 3.63) is 64.9 Å². The minimum Gasteiger partial charge on any atom is -0.391 e. The van der Waals surface area contributed by atoms with Gasteiger partial charge in [0, 0.05) is 35.8 Å². The second-order valence-electron chi connectivity index (χ2n) is 6.27. The number of hydrogen-bond donors (Lipinski definition) is 3. The van der Waals surface area contributed by atoms with Gasteiger partial charge in [-0.25, -0.2) is 9.18 Å². The van der Waals surface area contributed by atoms with Crippen LogP contribution < -0.4 is 10.6 Å². The molecule has 8 heteroatoms. The Morgan fingerprint density at radius 2 is 1.93 bits per heavy atom. The smallest absolute Gasteiger partial charge is 0.322 e. The summed E-state index contributed by atoms with van der Waals surface area (Å²) in [5, 5.41) is 15.4. The van der Waals surface area contributed by atoms with Crippen molar-refractivity contribution in [2.24, 2.45) is 0 Å². The fourth-order valence-electron chi connectivity index (χ4n) is 3.00. The Labute approximate surface area is 160 Å². The number of halogens is 2. The number of anilines is 1. The number of carbonyl (C=O) groups is 2. The Kier molecular flexibility index (Phi) is 5.93. The van der Waals surface area contributed by atoms with E-state index in [1.54, 1.807) is 24.3 Å². The first-order chi connectivity index (χ1) is 13.0. The molecule has 0 aromatic heterocycles. The zero-order chi connectivity index (χ0) is 19.4. The van der Waals surface area contributed by atoms with E-state index in [-0.39, 0.29) is 30.1 Å². The van der Waals surface area contributed by atoms with Gasteiger partial charge in [0.1, 0.15) is 11.9 Å². The van der Waals surface area contributed by atoms with Crippen LogP contribution in [0.5, 0.6) is 0 Å². The van der Waals surface area contributed by atoms with Gasteiger partial charge < -0.3 is 20.6 Å². The fourth-order valence-corrected chi connectivity index (χ4v) is 3.23. The molecule has 27 heavy (non-hydrogen) atoms. The number of likely N-dealkylation sites (tertiary alicyclic amines) is 1. The SMILES string of the molecule is O=C(NCc1c(F)cccc1Cl)C1CC(O)CN1C(=O)Nc1ccccc1. The summed E-state index contributed by atoms with van der Waals surface area (Å²) in [4.78, 5) is 26.3. The summed E-state index contributed by atoms with van der Waals surface area (Å²) in [6, 6.07) is 11.7. The molecule has 0 saturated carbocycles. The van der Waals surface area contributed by atoms with Crippen molar-refractivity contribution in [2.75, 3.05) is 11.9 Å². The highest BCUT2D eigenvalue weighted by Gasteiger charge is 2.39. The van der Waals surface area contributed by atoms with Gasteiger partial charge in [0.05, 0.1) is 6.10 Å². The Bertz CT molecular complexity index is 814. The predicted molar refractivity (Wildman–Crippen MR) is 99.8 cm³/mol. The van der Waals surface area contributed by atoms with E-state index in [1.165, 1.54) is 23.1 Å². The summed E-state index contributed by atoms with van der Waals surface area (Å²) in [5.74, 6) is -0.998. The van der Waals surface area contributed by atoms with Crippen molar-refractivity contribution >= 4 is 29.2 Å². The fraction of sp³-hybridized carbons (Fsp3) is 0.263. The van der Waals surface area contributed by atoms with Crippen molar-refractivity contribution in [3.8, 4) is 0 Å². The highest BCUT2D eigenvalue weighted by Crippen LogP contribution is 2.22. The van der Waals surface area contributed by atoms with Crippen LogP contribution in [0, 0.1) is 5.82 Å². The van der Waals surface area contributed by atoms with Crippen LogP contribution in [0.4, 0.5) is 14.9 Å². The normalized spacial score (nSPS) is 19.0. The zero-order valence-corrected chi connectivity index (χ0v) is 15.1. The molecule has 0 bridgehead atoms. The number of para-hydroxylation sites is 1. The summed E-state index contributed by atoms with van der Waals surface area (Å²) in [7, 11) is 0. The van der Waals surface area contributed by atoms with E-state index in [4.69, 9.17) is 11.6 Å². The van der Waals surface area contributed by atoms with Crippen LogP contribution in [0.1, 0.15) is 12.0 Å². The Balaban J connectivity index is 1.66. The molecular formula is C19H19ClFN3O3. The third kappa shape index (κ3) is 4.56. The quantitative estimate of drug-likeness (QED) is 0.749. The van der Waals surface area contributed by atoms with Gasteiger partial charge in [-0.2, -0.15) is 0 Å². The third-order valence-electron chi connectivity index (χ3n) is 4.37. The monoisotopic (exact) mass is 391 g/mol. The van der Waals surface area contributed by atoms with Crippen LogP contribution in [-0.2, 0) is 11.3 Å². The van der Waals surface area contributed by atoms with Gasteiger partial charge in [0.15, 0.2) is 0 Å². The number of nitrogens with zero attached hydrogens (tertiary/aromatic N) is 1. The molecule has 2 unspecified atom stereocenters. The maximum atomic E-state index is 13.8. The van der Waals surface area contributed by atoms with Crippen molar-refractivity contribution in [3.63, 3.8) is 0 Å². The lowest BCUT2D eigenvalue weighted by Gasteiger charge is -2.24. The van der Waals surface area contributed by atoms with E-state index in [0.29, 0.717) is 5.69 Å². The molecule has 0 radical (unpaired) electrons.